The Morgan fingerprint density at radius 2 is 1.83 bits per heavy atom. The third-order valence-corrected chi connectivity index (χ3v) is 4.17. The number of rotatable bonds is 6. The van der Waals surface area contributed by atoms with Crippen molar-refractivity contribution in [2.45, 2.75) is 32.7 Å². The molecule has 1 fully saturated rings. The van der Waals surface area contributed by atoms with Crippen molar-refractivity contribution in [2.75, 3.05) is 33.3 Å². The van der Waals surface area contributed by atoms with Gasteiger partial charge in [0.2, 0.25) is 0 Å². The molecule has 6 heteroatoms. The number of benzene rings is 1. The third kappa shape index (κ3) is 6.11. The molecule has 1 heterocycles. The van der Waals surface area contributed by atoms with E-state index in [0.29, 0.717) is 11.7 Å². The van der Waals surface area contributed by atoms with Crippen LogP contribution >= 0.6 is 24.8 Å². The van der Waals surface area contributed by atoms with Gasteiger partial charge in [-0.3, -0.25) is 4.90 Å². The SMILES string of the molecule is COc1c(F)cccc1[C@H](CCC(C)C)N1CCNCC1.Cl.Cl. The van der Waals surface area contributed by atoms with Crippen LogP contribution in [0.25, 0.3) is 0 Å². The smallest absolute Gasteiger partial charge is 0.165 e. The zero-order valence-corrected chi connectivity index (χ0v) is 15.8. The Labute approximate surface area is 151 Å². The van der Waals surface area contributed by atoms with Gasteiger partial charge in [0.15, 0.2) is 11.6 Å². The highest BCUT2D eigenvalue weighted by atomic mass is 35.5. The number of methoxy groups -OCH3 is 1. The molecule has 0 saturated carbocycles. The van der Waals surface area contributed by atoms with Crippen molar-refractivity contribution in [2.24, 2.45) is 5.92 Å². The van der Waals surface area contributed by atoms with E-state index in [1.54, 1.807) is 13.2 Å². The van der Waals surface area contributed by atoms with Crippen LogP contribution in [0.2, 0.25) is 0 Å². The second-order valence-corrected chi connectivity index (χ2v) is 6.14. The quantitative estimate of drug-likeness (QED) is 0.821. The lowest BCUT2D eigenvalue weighted by Crippen LogP contribution is -2.45. The maximum absolute atomic E-state index is 14.0. The number of piperazine rings is 1. The summed E-state index contributed by atoms with van der Waals surface area (Å²) < 4.78 is 19.4. The van der Waals surface area contributed by atoms with Crippen molar-refractivity contribution in [1.29, 1.82) is 0 Å². The molecule has 1 aromatic carbocycles. The predicted octanol–water partition coefficient (Wildman–Crippen LogP) is 4.06. The van der Waals surface area contributed by atoms with Crippen LogP contribution in [0, 0.1) is 11.7 Å². The summed E-state index contributed by atoms with van der Waals surface area (Å²) in [6.45, 7) is 8.46. The van der Waals surface area contributed by atoms with Crippen LogP contribution in [0.15, 0.2) is 18.2 Å². The van der Waals surface area contributed by atoms with E-state index in [4.69, 9.17) is 4.74 Å². The summed E-state index contributed by atoms with van der Waals surface area (Å²) in [6, 6.07) is 5.51. The van der Waals surface area contributed by atoms with Crippen LogP contribution in [0.4, 0.5) is 4.39 Å². The monoisotopic (exact) mass is 366 g/mol. The van der Waals surface area contributed by atoms with Crippen LogP contribution in [0.1, 0.15) is 38.3 Å². The van der Waals surface area contributed by atoms with E-state index in [1.807, 2.05) is 6.07 Å². The highest BCUT2D eigenvalue weighted by Crippen LogP contribution is 2.35. The minimum Gasteiger partial charge on any atom is -0.493 e. The van der Waals surface area contributed by atoms with Crippen molar-refractivity contribution in [1.82, 2.24) is 10.2 Å². The van der Waals surface area contributed by atoms with Crippen molar-refractivity contribution < 1.29 is 9.13 Å². The van der Waals surface area contributed by atoms with Gasteiger partial charge in [0.05, 0.1) is 7.11 Å². The molecule has 1 saturated heterocycles. The first-order chi connectivity index (χ1) is 10.1. The molecular weight excluding hydrogens is 338 g/mol. The highest BCUT2D eigenvalue weighted by molar-refractivity contribution is 5.85. The highest BCUT2D eigenvalue weighted by Gasteiger charge is 2.26. The van der Waals surface area contributed by atoms with Crippen molar-refractivity contribution in [3.05, 3.63) is 29.6 Å². The Balaban J connectivity index is 0.00000242. The normalized spacial score (nSPS) is 16.4. The zero-order valence-electron chi connectivity index (χ0n) is 14.2. The average molecular weight is 367 g/mol. The van der Waals surface area contributed by atoms with E-state index < -0.39 is 0 Å². The fourth-order valence-electron chi connectivity index (χ4n) is 3.02. The zero-order chi connectivity index (χ0) is 15.2. The molecule has 0 aliphatic carbocycles. The number of hydrogen-bond acceptors (Lipinski definition) is 3. The summed E-state index contributed by atoms with van der Waals surface area (Å²) >= 11 is 0. The van der Waals surface area contributed by atoms with Crippen molar-refractivity contribution in [3.63, 3.8) is 0 Å². The van der Waals surface area contributed by atoms with Crippen LogP contribution in [-0.2, 0) is 0 Å². The topological polar surface area (TPSA) is 24.5 Å². The molecule has 1 aliphatic rings. The summed E-state index contributed by atoms with van der Waals surface area (Å²) in [5.41, 5.74) is 0.986. The molecule has 3 nitrogen and oxygen atoms in total. The number of nitrogens with zero attached hydrogens (tertiary/aromatic N) is 1. The maximum atomic E-state index is 14.0. The second-order valence-electron chi connectivity index (χ2n) is 6.14. The third-order valence-electron chi connectivity index (χ3n) is 4.17. The summed E-state index contributed by atoms with van der Waals surface area (Å²) in [7, 11) is 1.55. The maximum Gasteiger partial charge on any atom is 0.165 e. The van der Waals surface area contributed by atoms with Gasteiger partial charge in [-0.05, 0) is 24.8 Å². The fourth-order valence-corrected chi connectivity index (χ4v) is 3.02. The van der Waals surface area contributed by atoms with Crippen LogP contribution < -0.4 is 10.1 Å². The molecule has 0 unspecified atom stereocenters. The van der Waals surface area contributed by atoms with E-state index in [0.717, 1.165) is 44.6 Å². The molecule has 1 aromatic rings. The molecular formula is C17H29Cl2FN2O. The summed E-state index contributed by atoms with van der Waals surface area (Å²) in [5.74, 6) is 0.791. The summed E-state index contributed by atoms with van der Waals surface area (Å²) in [5, 5.41) is 3.38. The molecule has 0 amide bonds. The minimum atomic E-state index is -0.264. The summed E-state index contributed by atoms with van der Waals surface area (Å²) in [6.07, 6.45) is 2.17. The molecule has 1 aliphatic heterocycles. The fraction of sp³-hybridized carbons (Fsp3) is 0.647. The van der Waals surface area contributed by atoms with Crippen LogP contribution in [0.3, 0.4) is 0 Å². The van der Waals surface area contributed by atoms with Crippen LogP contribution in [0.5, 0.6) is 5.75 Å². The molecule has 1 N–H and O–H groups in total. The van der Waals surface area contributed by atoms with Gasteiger partial charge in [-0.2, -0.15) is 0 Å². The van der Waals surface area contributed by atoms with E-state index in [2.05, 4.69) is 24.1 Å². The molecule has 2 rings (SSSR count). The van der Waals surface area contributed by atoms with Gasteiger partial charge in [-0.1, -0.05) is 26.0 Å². The van der Waals surface area contributed by atoms with E-state index >= 15 is 0 Å². The van der Waals surface area contributed by atoms with E-state index in [1.165, 1.54) is 6.07 Å². The lowest BCUT2D eigenvalue weighted by molar-refractivity contribution is 0.156. The first kappa shape index (κ1) is 22.4. The van der Waals surface area contributed by atoms with Gasteiger partial charge in [-0.25, -0.2) is 4.39 Å². The van der Waals surface area contributed by atoms with Gasteiger partial charge < -0.3 is 10.1 Å². The first-order valence-corrected chi connectivity index (χ1v) is 7.90. The summed E-state index contributed by atoms with van der Waals surface area (Å²) in [4.78, 5) is 2.45. The minimum absolute atomic E-state index is 0. The van der Waals surface area contributed by atoms with E-state index in [-0.39, 0.29) is 36.7 Å². The molecule has 1 atom stereocenters. The lowest BCUT2D eigenvalue weighted by atomic mass is 9.95. The molecule has 0 spiro atoms. The van der Waals surface area contributed by atoms with Gasteiger partial charge in [0, 0.05) is 37.8 Å². The average Bonchev–Trinajstić information content (AvgIpc) is 2.48. The van der Waals surface area contributed by atoms with Gasteiger partial charge in [-0.15, -0.1) is 24.8 Å². The number of para-hydroxylation sites is 1. The Morgan fingerprint density at radius 3 is 2.39 bits per heavy atom. The molecule has 23 heavy (non-hydrogen) atoms. The van der Waals surface area contributed by atoms with Gasteiger partial charge >= 0.3 is 0 Å². The predicted molar refractivity (Wildman–Crippen MR) is 98.7 cm³/mol. The Kier molecular flexibility index (Phi) is 10.8. The standard InChI is InChI=1S/C17H27FN2O.2ClH/c1-13(2)7-8-16(20-11-9-19-10-12-20)14-5-4-6-15(18)17(14)21-3;;/h4-6,13,16,19H,7-12H2,1-3H3;2*1H/t16-;;/m0../s1. The molecule has 0 bridgehead atoms. The Bertz CT molecular complexity index is 454. The van der Waals surface area contributed by atoms with Crippen molar-refractivity contribution in [3.8, 4) is 5.75 Å². The number of ether oxygens (including phenoxy) is 1. The number of nitrogens with one attached hydrogen (secondary N) is 1. The van der Waals surface area contributed by atoms with Gasteiger partial charge in [0.25, 0.3) is 0 Å². The van der Waals surface area contributed by atoms with Crippen molar-refractivity contribution >= 4 is 24.8 Å². The largest absolute Gasteiger partial charge is 0.493 e. The van der Waals surface area contributed by atoms with E-state index in [9.17, 15) is 4.39 Å². The van der Waals surface area contributed by atoms with Gasteiger partial charge in [0.1, 0.15) is 0 Å². The van der Waals surface area contributed by atoms with Crippen LogP contribution in [-0.4, -0.2) is 38.2 Å². The molecule has 134 valence electrons. The molecule has 0 radical (unpaired) electrons. The first-order valence-electron chi connectivity index (χ1n) is 7.90. The second kappa shape index (κ2) is 11.1. The lowest BCUT2D eigenvalue weighted by Gasteiger charge is -2.36. The Morgan fingerprint density at radius 1 is 1.17 bits per heavy atom. The number of halogens is 3. The molecule has 0 aromatic heterocycles. The Hall–Kier alpha value is -0.550. The number of hydrogen-bond donors (Lipinski definition) is 1.